The van der Waals surface area contributed by atoms with Crippen LogP contribution in [0.4, 0.5) is 0 Å². The van der Waals surface area contributed by atoms with Crippen LogP contribution >= 0.6 is 24.0 Å². The van der Waals surface area contributed by atoms with Crippen molar-refractivity contribution < 1.29 is 0 Å². The van der Waals surface area contributed by atoms with Gasteiger partial charge in [0, 0.05) is 0 Å². The molecule has 0 aliphatic rings. The minimum absolute atomic E-state index is 0. The first-order chi connectivity index (χ1) is 1.73. The number of rotatable bonds is 0. The van der Waals surface area contributed by atoms with Crippen LogP contribution < -0.4 is 11.5 Å². The Hall–Kier alpha value is 0. The molecule has 32 valence electrons. The Kier molecular flexibility index (Phi) is 7.11. The summed E-state index contributed by atoms with van der Waals surface area (Å²) >= 11 is 0. The Bertz CT molecular complexity index is 29.9. The summed E-state index contributed by atoms with van der Waals surface area (Å²) in [5, 5.41) is 6.06. The molecule has 3 nitrogen and oxygen atoms in total. The van der Waals surface area contributed by atoms with Gasteiger partial charge in [-0.15, -0.1) is 24.0 Å². The highest BCUT2D eigenvalue weighted by molar-refractivity contribution is 14.0. The number of guanidine groups is 1. The Balaban J connectivity index is 0. The van der Waals surface area contributed by atoms with E-state index in [0.717, 1.165) is 0 Å². The first kappa shape index (κ1) is 8.89. The van der Waals surface area contributed by atoms with Gasteiger partial charge in [0.1, 0.15) is 0 Å². The normalized spacial score (nSPS) is 4.80. The molecule has 0 aromatic heterocycles. The van der Waals surface area contributed by atoms with Gasteiger partial charge in [0.05, 0.1) is 0 Å². The van der Waals surface area contributed by atoms with Crippen LogP contribution in [-0.4, -0.2) is 5.96 Å². The second kappa shape index (κ2) is 4.00. The molecule has 0 unspecified atom stereocenters. The fourth-order valence-electron chi connectivity index (χ4n) is 0. The predicted molar refractivity (Wildman–Crippen MR) is 31.5 cm³/mol. The molecule has 0 aliphatic heterocycles. The minimum atomic E-state index is -0.333. The van der Waals surface area contributed by atoms with E-state index in [0.29, 0.717) is 0 Å². The third-order valence-electron chi connectivity index (χ3n) is 0. The van der Waals surface area contributed by atoms with Crippen molar-refractivity contribution in [1.29, 1.82) is 5.41 Å². The van der Waals surface area contributed by atoms with Gasteiger partial charge in [-0.3, -0.25) is 5.41 Å². The Morgan fingerprint density at radius 3 is 1.40 bits per heavy atom. The summed E-state index contributed by atoms with van der Waals surface area (Å²) in [7, 11) is 0. The zero-order valence-electron chi connectivity index (χ0n) is 2.56. The molecule has 0 bridgehead atoms. The van der Waals surface area contributed by atoms with Gasteiger partial charge in [-0.1, -0.05) is 0 Å². The van der Waals surface area contributed by atoms with Crippen LogP contribution in [0.25, 0.3) is 0 Å². The second-order valence-corrected chi connectivity index (χ2v) is 0.455. The number of hydrogen-bond acceptors (Lipinski definition) is 1. The number of nitrogens with one attached hydrogen (secondary N) is 1. The summed E-state index contributed by atoms with van der Waals surface area (Å²) in [6.45, 7) is 0. The van der Waals surface area contributed by atoms with E-state index in [1.165, 1.54) is 0 Å². The van der Waals surface area contributed by atoms with E-state index < -0.39 is 0 Å². The Morgan fingerprint density at radius 2 is 1.40 bits per heavy atom. The van der Waals surface area contributed by atoms with Gasteiger partial charge >= 0.3 is 0 Å². The largest absolute Gasteiger partial charge is 0.370 e. The molecule has 0 saturated carbocycles. The van der Waals surface area contributed by atoms with E-state index in [-0.39, 0.29) is 29.9 Å². The second-order valence-electron chi connectivity index (χ2n) is 0.455. The van der Waals surface area contributed by atoms with Crippen molar-refractivity contribution in [2.45, 2.75) is 0 Å². The van der Waals surface area contributed by atoms with Crippen LogP contribution in [-0.2, 0) is 0 Å². The molecular formula is CH6IN3. The van der Waals surface area contributed by atoms with Crippen LogP contribution in [0.15, 0.2) is 0 Å². The van der Waals surface area contributed by atoms with Gasteiger partial charge in [-0.2, -0.15) is 0 Å². The third-order valence-corrected chi connectivity index (χ3v) is 0. The van der Waals surface area contributed by atoms with Crippen molar-refractivity contribution in [1.82, 2.24) is 0 Å². The lowest BCUT2D eigenvalue weighted by atomic mass is 11.1. The highest BCUT2D eigenvalue weighted by atomic mass is 127. The van der Waals surface area contributed by atoms with Gasteiger partial charge in [-0.25, -0.2) is 0 Å². The maximum Gasteiger partial charge on any atom is 0.183 e. The SMILES string of the molecule is I.N=C(N)N. The molecule has 0 aliphatic carbocycles. The Morgan fingerprint density at radius 1 is 1.40 bits per heavy atom. The molecule has 0 saturated heterocycles. The molecule has 5 heavy (non-hydrogen) atoms. The molecule has 0 aromatic rings. The zero-order valence-corrected chi connectivity index (χ0v) is 4.89. The zero-order chi connectivity index (χ0) is 3.58. The van der Waals surface area contributed by atoms with Gasteiger partial charge in [-0.05, 0) is 0 Å². The van der Waals surface area contributed by atoms with Crippen molar-refractivity contribution in [2.75, 3.05) is 0 Å². The standard InChI is InChI=1S/CH5N3.HI/c2-1(3)4;/h(H5,2,3,4);1H. The molecule has 0 radical (unpaired) electrons. The fraction of sp³-hybridized carbons (Fsp3) is 0. The molecule has 0 aromatic carbocycles. The van der Waals surface area contributed by atoms with Crippen LogP contribution in [0.1, 0.15) is 0 Å². The molecule has 0 spiro atoms. The van der Waals surface area contributed by atoms with Crippen LogP contribution in [0, 0.1) is 5.41 Å². The van der Waals surface area contributed by atoms with E-state index in [4.69, 9.17) is 5.41 Å². The van der Waals surface area contributed by atoms with E-state index in [2.05, 4.69) is 11.5 Å². The number of halogens is 1. The molecule has 0 amide bonds. The summed E-state index contributed by atoms with van der Waals surface area (Å²) in [6, 6.07) is 0. The van der Waals surface area contributed by atoms with Gasteiger partial charge in [0.15, 0.2) is 5.96 Å². The highest BCUT2D eigenvalue weighted by Gasteiger charge is 1.52. The molecule has 0 atom stereocenters. The Labute approximate surface area is 47.2 Å². The number of nitrogens with two attached hydrogens (primary N) is 2. The molecule has 0 heterocycles. The third kappa shape index (κ3) is 0. The highest BCUT2D eigenvalue weighted by Crippen LogP contribution is 1.13. The first-order valence-electron chi connectivity index (χ1n) is 0.827. The molecule has 4 heteroatoms. The average molecular weight is 187 g/mol. The van der Waals surface area contributed by atoms with Crippen LogP contribution in [0.5, 0.6) is 0 Å². The van der Waals surface area contributed by atoms with E-state index >= 15 is 0 Å². The van der Waals surface area contributed by atoms with Crippen molar-refractivity contribution in [3.05, 3.63) is 0 Å². The van der Waals surface area contributed by atoms with E-state index in [9.17, 15) is 0 Å². The van der Waals surface area contributed by atoms with Crippen molar-refractivity contribution in [3.63, 3.8) is 0 Å². The van der Waals surface area contributed by atoms with E-state index in [1.807, 2.05) is 0 Å². The summed E-state index contributed by atoms with van der Waals surface area (Å²) < 4.78 is 0. The monoisotopic (exact) mass is 187 g/mol. The maximum atomic E-state index is 6.06. The van der Waals surface area contributed by atoms with Gasteiger partial charge in [0.2, 0.25) is 0 Å². The summed E-state index contributed by atoms with van der Waals surface area (Å²) in [4.78, 5) is 0. The summed E-state index contributed by atoms with van der Waals surface area (Å²) in [6.07, 6.45) is 0. The van der Waals surface area contributed by atoms with Crippen LogP contribution in [0.2, 0.25) is 0 Å². The first-order valence-corrected chi connectivity index (χ1v) is 0.827. The number of hydrogen-bond donors (Lipinski definition) is 3. The van der Waals surface area contributed by atoms with Crippen molar-refractivity contribution in [3.8, 4) is 0 Å². The van der Waals surface area contributed by atoms with Crippen molar-refractivity contribution >= 4 is 29.9 Å². The predicted octanol–water partition coefficient (Wildman–Crippen LogP) is -0.543. The fourth-order valence-corrected chi connectivity index (χ4v) is 0. The molecule has 5 N–H and O–H groups in total. The quantitative estimate of drug-likeness (QED) is 0.270. The van der Waals surface area contributed by atoms with E-state index in [1.54, 1.807) is 0 Å². The summed E-state index contributed by atoms with van der Waals surface area (Å²) in [5.41, 5.74) is 8.94. The molecule has 0 rings (SSSR count). The van der Waals surface area contributed by atoms with Crippen molar-refractivity contribution in [2.24, 2.45) is 11.5 Å². The van der Waals surface area contributed by atoms with Gasteiger partial charge < -0.3 is 11.5 Å². The minimum Gasteiger partial charge on any atom is -0.370 e. The topological polar surface area (TPSA) is 75.9 Å². The molecule has 0 fully saturated rings. The maximum absolute atomic E-state index is 6.06. The summed E-state index contributed by atoms with van der Waals surface area (Å²) in [5.74, 6) is -0.333. The smallest absolute Gasteiger partial charge is 0.183 e. The lowest BCUT2D eigenvalue weighted by molar-refractivity contribution is 1.39. The van der Waals surface area contributed by atoms with Gasteiger partial charge in [0.25, 0.3) is 0 Å². The lowest BCUT2D eigenvalue weighted by Gasteiger charge is -1.69. The average Bonchev–Trinajstić information content (AvgIpc) is 0.811. The molecular weight excluding hydrogens is 181 g/mol. The lowest BCUT2D eigenvalue weighted by Crippen LogP contribution is -2.20. The van der Waals surface area contributed by atoms with Crippen LogP contribution in [0.3, 0.4) is 0 Å².